The molecule has 3 rings (SSSR count). The normalized spacial score (nSPS) is 14.7. The fourth-order valence-corrected chi connectivity index (χ4v) is 3.82. The summed E-state index contributed by atoms with van der Waals surface area (Å²) in [4.78, 5) is 14.4. The van der Waals surface area contributed by atoms with Gasteiger partial charge in [0.1, 0.15) is 0 Å². The van der Waals surface area contributed by atoms with Gasteiger partial charge in [-0.2, -0.15) is 0 Å². The van der Waals surface area contributed by atoms with Gasteiger partial charge in [0.15, 0.2) is 0 Å². The van der Waals surface area contributed by atoms with Gasteiger partial charge in [-0.3, -0.25) is 4.72 Å². The first kappa shape index (κ1) is 18.2. The Balaban J connectivity index is 1.94. The third-order valence-electron chi connectivity index (χ3n) is 4.08. The number of anilines is 2. The van der Waals surface area contributed by atoms with E-state index in [2.05, 4.69) is 9.62 Å². The highest BCUT2D eigenvalue weighted by molar-refractivity contribution is 7.92. The summed E-state index contributed by atoms with van der Waals surface area (Å²) in [6.45, 7) is 2.62. The number of hydrogen-bond acceptors (Lipinski definition) is 6. The van der Waals surface area contributed by atoms with E-state index in [1.807, 2.05) is 0 Å². The van der Waals surface area contributed by atoms with Gasteiger partial charge in [-0.1, -0.05) is 18.2 Å². The van der Waals surface area contributed by atoms with Crippen LogP contribution in [0.5, 0.6) is 0 Å². The molecule has 0 radical (unpaired) electrons. The Labute approximate surface area is 152 Å². The predicted octanol–water partition coefficient (Wildman–Crippen LogP) is 2.11. The fraction of sp³-hybridized carbons (Fsp3) is 0.278. The molecule has 0 aliphatic carbocycles. The van der Waals surface area contributed by atoms with E-state index in [-0.39, 0.29) is 16.1 Å². The zero-order valence-corrected chi connectivity index (χ0v) is 15.2. The molecule has 1 aliphatic heterocycles. The fourth-order valence-electron chi connectivity index (χ4n) is 2.72. The minimum atomic E-state index is -3.81. The van der Waals surface area contributed by atoms with Crippen molar-refractivity contribution in [3.8, 4) is 0 Å². The van der Waals surface area contributed by atoms with E-state index in [0.29, 0.717) is 26.3 Å². The van der Waals surface area contributed by atoms with E-state index in [1.54, 1.807) is 36.4 Å². The maximum absolute atomic E-state index is 12.6. The molecule has 2 aromatic rings. The van der Waals surface area contributed by atoms with Gasteiger partial charge in [0.05, 0.1) is 36.5 Å². The number of carbonyl (C=O) groups excluding carboxylic acids is 1. The molecule has 1 N–H and O–H groups in total. The Morgan fingerprint density at radius 3 is 2.46 bits per heavy atom. The number of nitrogens with one attached hydrogen (secondary N) is 1. The highest BCUT2D eigenvalue weighted by atomic mass is 32.2. The van der Waals surface area contributed by atoms with Gasteiger partial charge < -0.3 is 14.4 Å². The third kappa shape index (κ3) is 3.97. The van der Waals surface area contributed by atoms with Gasteiger partial charge in [0, 0.05) is 18.8 Å². The van der Waals surface area contributed by atoms with E-state index in [4.69, 9.17) is 9.47 Å². The van der Waals surface area contributed by atoms with Crippen molar-refractivity contribution in [3.63, 3.8) is 0 Å². The van der Waals surface area contributed by atoms with Gasteiger partial charge in [-0.15, -0.1) is 0 Å². The van der Waals surface area contributed by atoms with Crippen molar-refractivity contribution in [2.24, 2.45) is 0 Å². The summed E-state index contributed by atoms with van der Waals surface area (Å²) < 4.78 is 37.8. The van der Waals surface area contributed by atoms with Crippen molar-refractivity contribution in [2.75, 3.05) is 43.0 Å². The zero-order valence-electron chi connectivity index (χ0n) is 14.3. The van der Waals surface area contributed by atoms with Crippen LogP contribution in [0.2, 0.25) is 0 Å². The van der Waals surface area contributed by atoms with Gasteiger partial charge >= 0.3 is 5.97 Å². The Morgan fingerprint density at radius 1 is 1.12 bits per heavy atom. The van der Waals surface area contributed by atoms with E-state index in [0.717, 1.165) is 5.69 Å². The molecule has 1 fully saturated rings. The molecule has 138 valence electrons. The second-order valence-corrected chi connectivity index (χ2v) is 7.42. The molecule has 0 spiro atoms. The lowest BCUT2D eigenvalue weighted by Gasteiger charge is -2.29. The van der Waals surface area contributed by atoms with Crippen molar-refractivity contribution in [2.45, 2.75) is 4.90 Å². The molecule has 7 nitrogen and oxygen atoms in total. The summed E-state index contributed by atoms with van der Waals surface area (Å²) in [5, 5.41) is 0. The van der Waals surface area contributed by atoms with Gasteiger partial charge in [0.2, 0.25) is 0 Å². The minimum Gasteiger partial charge on any atom is -0.465 e. The lowest BCUT2D eigenvalue weighted by atomic mass is 10.1. The van der Waals surface area contributed by atoms with Crippen molar-refractivity contribution in [1.82, 2.24) is 0 Å². The molecule has 0 aromatic heterocycles. The number of ether oxygens (including phenoxy) is 2. The van der Waals surface area contributed by atoms with Crippen LogP contribution in [0, 0.1) is 0 Å². The maximum atomic E-state index is 12.6. The van der Waals surface area contributed by atoms with Gasteiger partial charge in [0.25, 0.3) is 10.0 Å². The largest absolute Gasteiger partial charge is 0.465 e. The maximum Gasteiger partial charge on any atom is 0.340 e. The Kier molecular flexibility index (Phi) is 5.43. The molecule has 0 saturated carbocycles. The molecule has 26 heavy (non-hydrogen) atoms. The lowest BCUT2D eigenvalue weighted by Crippen LogP contribution is -2.36. The lowest BCUT2D eigenvalue weighted by molar-refractivity contribution is 0.0602. The topological polar surface area (TPSA) is 84.9 Å². The SMILES string of the molecule is COC(=O)c1cc(N2CCOCC2)ccc1NS(=O)(=O)c1ccccc1. The average molecular weight is 376 g/mol. The predicted molar refractivity (Wildman–Crippen MR) is 98.1 cm³/mol. The summed E-state index contributed by atoms with van der Waals surface area (Å²) in [6.07, 6.45) is 0. The Bertz CT molecular complexity index is 878. The number of rotatable bonds is 5. The molecular weight excluding hydrogens is 356 g/mol. The molecule has 0 atom stereocenters. The number of sulfonamides is 1. The monoisotopic (exact) mass is 376 g/mol. The number of benzene rings is 2. The van der Waals surface area contributed by atoms with E-state index in [1.165, 1.54) is 19.2 Å². The van der Waals surface area contributed by atoms with Crippen molar-refractivity contribution in [3.05, 3.63) is 54.1 Å². The van der Waals surface area contributed by atoms with Crippen molar-refractivity contribution < 1.29 is 22.7 Å². The molecule has 2 aromatic carbocycles. The smallest absolute Gasteiger partial charge is 0.340 e. The molecule has 0 bridgehead atoms. The summed E-state index contributed by atoms with van der Waals surface area (Å²) in [6, 6.07) is 13.0. The number of carbonyl (C=O) groups is 1. The van der Waals surface area contributed by atoms with Crippen molar-refractivity contribution in [1.29, 1.82) is 0 Å². The number of nitrogens with zero attached hydrogens (tertiary/aromatic N) is 1. The first-order valence-corrected chi connectivity index (χ1v) is 9.62. The number of esters is 1. The van der Waals surface area contributed by atoms with Crippen LogP contribution in [0.4, 0.5) is 11.4 Å². The highest BCUT2D eigenvalue weighted by Crippen LogP contribution is 2.27. The number of morpholine rings is 1. The van der Waals surface area contributed by atoms with E-state index in [9.17, 15) is 13.2 Å². The van der Waals surface area contributed by atoms with Gasteiger partial charge in [-0.25, -0.2) is 13.2 Å². The Hall–Kier alpha value is -2.58. The first-order chi connectivity index (χ1) is 12.5. The molecule has 1 saturated heterocycles. The average Bonchev–Trinajstić information content (AvgIpc) is 2.69. The summed E-state index contributed by atoms with van der Waals surface area (Å²) in [5.41, 5.74) is 1.16. The molecule has 1 aliphatic rings. The van der Waals surface area contributed by atoms with Crippen LogP contribution >= 0.6 is 0 Å². The van der Waals surface area contributed by atoms with E-state index < -0.39 is 16.0 Å². The number of methoxy groups -OCH3 is 1. The summed E-state index contributed by atoms with van der Waals surface area (Å²) in [7, 11) is -2.54. The van der Waals surface area contributed by atoms with Crippen LogP contribution < -0.4 is 9.62 Å². The highest BCUT2D eigenvalue weighted by Gasteiger charge is 2.21. The second kappa shape index (κ2) is 7.76. The minimum absolute atomic E-state index is 0.119. The van der Waals surface area contributed by atoms with Crippen molar-refractivity contribution >= 4 is 27.4 Å². The van der Waals surface area contributed by atoms with Crippen LogP contribution in [0.15, 0.2) is 53.4 Å². The standard InChI is InChI=1S/C18H20N2O5S/c1-24-18(21)16-13-14(20-9-11-25-12-10-20)7-8-17(16)19-26(22,23)15-5-3-2-4-6-15/h2-8,13,19H,9-12H2,1H3. The Morgan fingerprint density at radius 2 is 1.81 bits per heavy atom. The van der Waals surface area contributed by atoms with Crippen LogP contribution in [0.3, 0.4) is 0 Å². The zero-order chi connectivity index (χ0) is 18.6. The molecule has 0 unspecified atom stereocenters. The van der Waals surface area contributed by atoms with Crippen LogP contribution in [-0.2, 0) is 19.5 Å². The molecule has 0 amide bonds. The second-order valence-electron chi connectivity index (χ2n) is 5.74. The van der Waals surface area contributed by atoms with Crippen LogP contribution in [-0.4, -0.2) is 47.8 Å². The van der Waals surface area contributed by atoms with E-state index >= 15 is 0 Å². The summed E-state index contributed by atoms with van der Waals surface area (Å²) in [5.74, 6) is -0.606. The number of hydrogen-bond donors (Lipinski definition) is 1. The quantitative estimate of drug-likeness (QED) is 0.805. The molecule has 1 heterocycles. The first-order valence-electron chi connectivity index (χ1n) is 8.14. The molecular formula is C18H20N2O5S. The van der Waals surface area contributed by atoms with Crippen LogP contribution in [0.25, 0.3) is 0 Å². The third-order valence-corrected chi connectivity index (χ3v) is 5.46. The van der Waals surface area contributed by atoms with Crippen LogP contribution in [0.1, 0.15) is 10.4 Å². The molecule has 8 heteroatoms. The van der Waals surface area contributed by atoms with Gasteiger partial charge in [-0.05, 0) is 30.3 Å². The summed E-state index contributed by atoms with van der Waals surface area (Å²) >= 11 is 0.